The van der Waals surface area contributed by atoms with Crippen molar-refractivity contribution in [3.05, 3.63) is 91.4 Å². The second kappa shape index (κ2) is 12.0. The molecule has 0 atom stereocenters. The van der Waals surface area contributed by atoms with E-state index < -0.39 is 40.8 Å². The van der Waals surface area contributed by atoms with Gasteiger partial charge in [0.2, 0.25) is 0 Å². The van der Waals surface area contributed by atoms with Crippen LogP contribution in [0.4, 0.5) is 23.7 Å². The highest BCUT2D eigenvalue weighted by atomic mass is 79.9. The summed E-state index contributed by atoms with van der Waals surface area (Å²) >= 11 is 9.50. The van der Waals surface area contributed by atoms with Gasteiger partial charge in [0.05, 0.1) is 27.4 Å². The van der Waals surface area contributed by atoms with Crippen LogP contribution in [0.2, 0.25) is 5.02 Å². The molecular formula is C29H23BrClF3N2O5. The van der Waals surface area contributed by atoms with Gasteiger partial charge < -0.3 is 9.47 Å². The van der Waals surface area contributed by atoms with Crippen molar-refractivity contribution in [2.45, 2.75) is 33.6 Å². The number of amides is 4. The highest BCUT2D eigenvalue weighted by molar-refractivity contribution is 9.10. The highest BCUT2D eigenvalue weighted by Crippen LogP contribution is 2.39. The van der Waals surface area contributed by atoms with E-state index in [9.17, 15) is 27.6 Å². The van der Waals surface area contributed by atoms with Crippen LogP contribution < -0.4 is 19.7 Å². The molecule has 4 amide bonds. The summed E-state index contributed by atoms with van der Waals surface area (Å²) in [7, 11) is 0. The van der Waals surface area contributed by atoms with E-state index in [1.54, 1.807) is 13.0 Å². The minimum Gasteiger partial charge on any atom is -0.490 e. The molecule has 0 bridgehead atoms. The van der Waals surface area contributed by atoms with Crippen LogP contribution >= 0.6 is 27.5 Å². The number of hydrogen-bond donors (Lipinski definition) is 1. The topological polar surface area (TPSA) is 84.9 Å². The number of nitrogens with one attached hydrogen (secondary N) is 1. The summed E-state index contributed by atoms with van der Waals surface area (Å²) < 4.78 is 52.1. The van der Waals surface area contributed by atoms with Crippen molar-refractivity contribution in [3.63, 3.8) is 0 Å². The first-order chi connectivity index (χ1) is 19.3. The number of benzene rings is 3. The first-order valence-corrected chi connectivity index (χ1v) is 13.4. The maximum atomic E-state index is 13.3. The summed E-state index contributed by atoms with van der Waals surface area (Å²) in [5, 5.41) is 1.69. The molecule has 1 heterocycles. The van der Waals surface area contributed by atoms with E-state index in [2.05, 4.69) is 15.9 Å². The standard InChI is InChI=1S/C29H23BrClF3N2O5/c1-4-40-24-12-18(11-21(30)25(24)41-14-17-6-5-15(2)16(3)9-17)10-20-26(37)35-28(39)36(27(20)38)23-13-19(29(32,33)34)7-8-22(23)31/h5-13H,4,14H2,1-3H3,(H,35,37,39)/b20-10-. The zero-order valence-corrected chi connectivity index (χ0v) is 24.3. The fourth-order valence-electron chi connectivity index (χ4n) is 4.03. The lowest BCUT2D eigenvalue weighted by Gasteiger charge is -2.27. The average Bonchev–Trinajstić information content (AvgIpc) is 2.88. The molecule has 0 radical (unpaired) electrons. The van der Waals surface area contributed by atoms with Crippen LogP contribution in [0.5, 0.6) is 11.5 Å². The Bertz CT molecular complexity index is 1590. The molecule has 0 aliphatic carbocycles. The molecule has 7 nitrogen and oxygen atoms in total. The summed E-state index contributed by atoms with van der Waals surface area (Å²) in [5.74, 6) is -1.47. The van der Waals surface area contributed by atoms with Crippen molar-refractivity contribution in [2.75, 3.05) is 11.5 Å². The Hall–Kier alpha value is -3.83. The highest BCUT2D eigenvalue weighted by Gasteiger charge is 2.39. The van der Waals surface area contributed by atoms with Gasteiger partial charge in [-0.05, 0) is 95.4 Å². The number of alkyl halides is 3. The lowest BCUT2D eigenvalue weighted by atomic mass is 10.1. The van der Waals surface area contributed by atoms with E-state index in [4.69, 9.17) is 21.1 Å². The predicted molar refractivity (Wildman–Crippen MR) is 151 cm³/mol. The Balaban J connectivity index is 1.69. The third kappa shape index (κ3) is 6.57. The monoisotopic (exact) mass is 650 g/mol. The Kier molecular flexibility index (Phi) is 8.79. The number of ether oxygens (including phenoxy) is 2. The number of hydrogen-bond acceptors (Lipinski definition) is 5. The van der Waals surface area contributed by atoms with Crippen molar-refractivity contribution < 1.29 is 37.0 Å². The Morgan fingerprint density at radius 3 is 2.39 bits per heavy atom. The van der Waals surface area contributed by atoms with Gasteiger partial charge in [-0.3, -0.25) is 14.9 Å². The maximum absolute atomic E-state index is 13.3. The van der Waals surface area contributed by atoms with Crippen LogP contribution in [0.15, 0.2) is 58.6 Å². The zero-order valence-electron chi connectivity index (χ0n) is 22.0. The van der Waals surface area contributed by atoms with Gasteiger partial charge >= 0.3 is 12.2 Å². The van der Waals surface area contributed by atoms with Gasteiger partial charge in [-0.25, -0.2) is 9.69 Å². The number of imide groups is 2. The summed E-state index contributed by atoms with van der Waals surface area (Å²) in [6.07, 6.45) is -3.56. The lowest BCUT2D eigenvalue weighted by molar-refractivity contribution is -0.137. The summed E-state index contributed by atoms with van der Waals surface area (Å²) in [5.41, 5.74) is 1.38. The van der Waals surface area contributed by atoms with Crippen LogP contribution in [0.3, 0.4) is 0 Å². The van der Waals surface area contributed by atoms with Crippen LogP contribution in [0, 0.1) is 13.8 Å². The number of carbonyl (C=O) groups excluding carboxylic acids is 3. The molecule has 214 valence electrons. The minimum absolute atomic E-state index is 0.246. The lowest BCUT2D eigenvalue weighted by Crippen LogP contribution is -2.54. The first-order valence-electron chi connectivity index (χ1n) is 12.2. The molecule has 0 unspecified atom stereocenters. The normalized spacial score (nSPS) is 14.9. The van der Waals surface area contributed by atoms with Crippen LogP contribution in [0.25, 0.3) is 6.08 Å². The number of barbiturate groups is 1. The van der Waals surface area contributed by atoms with Crippen LogP contribution in [-0.2, 0) is 22.4 Å². The number of nitrogens with zero attached hydrogens (tertiary/aromatic N) is 1. The van der Waals surface area contributed by atoms with Crippen molar-refractivity contribution in [1.29, 1.82) is 0 Å². The molecule has 1 saturated heterocycles. The van der Waals surface area contributed by atoms with Gasteiger partial charge in [0.25, 0.3) is 11.8 Å². The molecule has 4 rings (SSSR count). The van der Waals surface area contributed by atoms with Crippen molar-refractivity contribution in [1.82, 2.24) is 5.32 Å². The predicted octanol–water partition coefficient (Wildman–Crippen LogP) is 7.38. The van der Waals surface area contributed by atoms with E-state index >= 15 is 0 Å². The Labute approximate surface area is 247 Å². The third-order valence-corrected chi connectivity index (χ3v) is 7.12. The van der Waals surface area contributed by atoms with Crippen molar-refractivity contribution in [3.8, 4) is 11.5 Å². The summed E-state index contributed by atoms with van der Waals surface area (Å²) in [6.45, 7) is 6.31. The number of carbonyl (C=O) groups is 3. The first kappa shape index (κ1) is 30.1. The number of urea groups is 1. The molecule has 0 spiro atoms. The molecule has 3 aromatic carbocycles. The van der Waals surface area contributed by atoms with Gasteiger partial charge in [0, 0.05) is 0 Å². The molecule has 41 heavy (non-hydrogen) atoms. The molecule has 1 N–H and O–H groups in total. The maximum Gasteiger partial charge on any atom is 0.416 e. The Morgan fingerprint density at radius 2 is 1.73 bits per heavy atom. The second-order valence-electron chi connectivity index (χ2n) is 9.09. The number of aryl methyl sites for hydroxylation is 2. The van der Waals surface area contributed by atoms with E-state index in [1.165, 1.54) is 12.1 Å². The van der Waals surface area contributed by atoms with Gasteiger partial charge in [-0.1, -0.05) is 29.8 Å². The molecular weight excluding hydrogens is 629 g/mol. The molecule has 3 aromatic rings. The van der Waals surface area contributed by atoms with E-state index in [0.717, 1.165) is 28.8 Å². The van der Waals surface area contributed by atoms with Crippen molar-refractivity contribution in [2.24, 2.45) is 0 Å². The fraction of sp³-hybridized carbons (Fsp3) is 0.207. The number of anilines is 1. The molecule has 1 fully saturated rings. The largest absolute Gasteiger partial charge is 0.490 e. The quantitative estimate of drug-likeness (QED) is 0.213. The Morgan fingerprint density at radius 1 is 1.00 bits per heavy atom. The molecule has 1 aliphatic rings. The molecule has 0 saturated carbocycles. The van der Waals surface area contributed by atoms with Crippen LogP contribution in [-0.4, -0.2) is 24.5 Å². The number of rotatable bonds is 7. The van der Waals surface area contributed by atoms with Gasteiger partial charge in [0.1, 0.15) is 12.2 Å². The van der Waals surface area contributed by atoms with Gasteiger partial charge in [-0.15, -0.1) is 0 Å². The van der Waals surface area contributed by atoms with E-state index in [1.807, 2.05) is 37.4 Å². The zero-order chi connectivity index (χ0) is 30.1. The second-order valence-corrected chi connectivity index (χ2v) is 10.4. The molecule has 0 aromatic heterocycles. The third-order valence-electron chi connectivity index (χ3n) is 6.21. The molecule has 1 aliphatic heterocycles. The fourth-order valence-corrected chi connectivity index (χ4v) is 4.80. The number of halogens is 5. The summed E-state index contributed by atoms with van der Waals surface area (Å²) in [4.78, 5) is 38.9. The summed E-state index contributed by atoms with van der Waals surface area (Å²) in [6, 6.07) is 10.0. The minimum atomic E-state index is -4.76. The smallest absolute Gasteiger partial charge is 0.416 e. The van der Waals surface area contributed by atoms with Gasteiger partial charge in [0.15, 0.2) is 11.5 Å². The van der Waals surface area contributed by atoms with Crippen LogP contribution in [0.1, 0.15) is 34.7 Å². The van der Waals surface area contributed by atoms with E-state index in [-0.39, 0.29) is 18.2 Å². The molecule has 12 heteroatoms. The average molecular weight is 652 g/mol. The van der Waals surface area contributed by atoms with E-state index in [0.29, 0.717) is 32.5 Å². The SMILES string of the molecule is CCOc1cc(/C=C2/C(=O)NC(=O)N(c3cc(C(F)(F)F)ccc3Cl)C2=O)cc(Br)c1OCc1ccc(C)c(C)c1. The van der Waals surface area contributed by atoms with Crippen molar-refractivity contribution >= 4 is 57.1 Å². The van der Waals surface area contributed by atoms with Gasteiger partial charge in [-0.2, -0.15) is 13.2 Å².